The van der Waals surface area contributed by atoms with E-state index in [2.05, 4.69) is 15.3 Å². The van der Waals surface area contributed by atoms with Crippen LogP contribution in [0.15, 0.2) is 12.4 Å². The molecular formula is C14H19N3O2. The van der Waals surface area contributed by atoms with Gasteiger partial charge in [0.05, 0.1) is 12.4 Å². The van der Waals surface area contributed by atoms with Gasteiger partial charge in [-0.25, -0.2) is 14.8 Å². The molecule has 1 aromatic heterocycles. The highest BCUT2D eigenvalue weighted by atomic mass is 16.4. The Labute approximate surface area is 112 Å². The Bertz CT molecular complexity index is 438. The molecule has 5 nitrogen and oxygen atoms in total. The number of aromatic nitrogens is 2. The number of hydrogen-bond donors (Lipinski definition) is 2. The number of carbonyl (C=O) groups is 1. The molecule has 0 aliphatic heterocycles. The molecule has 0 saturated heterocycles. The average molecular weight is 261 g/mol. The van der Waals surface area contributed by atoms with Gasteiger partial charge in [0.1, 0.15) is 5.82 Å². The predicted molar refractivity (Wildman–Crippen MR) is 71.1 cm³/mol. The quantitative estimate of drug-likeness (QED) is 0.852. The largest absolute Gasteiger partial charge is 0.476 e. The summed E-state index contributed by atoms with van der Waals surface area (Å²) in [6.45, 7) is 0. The van der Waals surface area contributed by atoms with Crippen LogP contribution in [0.5, 0.6) is 0 Å². The minimum Gasteiger partial charge on any atom is -0.476 e. The van der Waals surface area contributed by atoms with Crippen molar-refractivity contribution >= 4 is 11.8 Å². The summed E-state index contributed by atoms with van der Waals surface area (Å²) in [6.07, 6.45) is 10.7. The lowest BCUT2D eigenvalue weighted by molar-refractivity contribution is 0.0690. The van der Waals surface area contributed by atoms with Crippen molar-refractivity contribution in [1.82, 2.24) is 9.97 Å². The smallest absolute Gasteiger partial charge is 0.356 e. The van der Waals surface area contributed by atoms with E-state index in [0.29, 0.717) is 11.9 Å². The first-order chi connectivity index (χ1) is 9.24. The van der Waals surface area contributed by atoms with Gasteiger partial charge in [0.2, 0.25) is 0 Å². The van der Waals surface area contributed by atoms with Crippen molar-refractivity contribution in [2.75, 3.05) is 5.32 Å². The third kappa shape index (κ3) is 2.55. The molecule has 2 aliphatic carbocycles. The van der Waals surface area contributed by atoms with E-state index in [-0.39, 0.29) is 5.69 Å². The van der Waals surface area contributed by atoms with Crippen LogP contribution in [0.4, 0.5) is 5.82 Å². The zero-order valence-corrected chi connectivity index (χ0v) is 10.9. The Morgan fingerprint density at radius 3 is 2.16 bits per heavy atom. The maximum absolute atomic E-state index is 10.7. The molecule has 102 valence electrons. The highest BCUT2D eigenvalue weighted by molar-refractivity contribution is 5.84. The van der Waals surface area contributed by atoms with Crippen molar-refractivity contribution in [3.63, 3.8) is 0 Å². The number of rotatable bonds is 5. The molecule has 0 radical (unpaired) electrons. The van der Waals surface area contributed by atoms with Gasteiger partial charge in [-0.3, -0.25) is 0 Å². The second kappa shape index (κ2) is 5.15. The van der Waals surface area contributed by atoms with Crippen LogP contribution in [0.1, 0.15) is 49.0 Å². The van der Waals surface area contributed by atoms with Gasteiger partial charge in [0.15, 0.2) is 5.69 Å². The van der Waals surface area contributed by atoms with Crippen molar-refractivity contribution in [3.8, 4) is 0 Å². The second-order valence-corrected chi connectivity index (χ2v) is 5.64. The van der Waals surface area contributed by atoms with Gasteiger partial charge in [-0.1, -0.05) is 12.8 Å². The van der Waals surface area contributed by atoms with E-state index < -0.39 is 5.97 Å². The molecular weight excluding hydrogens is 242 g/mol. The Balaban J connectivity index is 1.68. The molecule has 0 atom stereocenters. The number of hydrogen-bond acceptors (Lipinski definition) is 4. The molecule has 2 saturated carbocycles. The molecule has 0 spiro atoms. The molecule has 5 heteroatoms. The molecule has 19 heavy (non-hydrogen) atoms. The lowest BCUT2D eigenvalue weighted by Crippen LogP contribution is -2.42. The van der Waals surface area contributed by atoms with E-state index in [0.717, 1.165) is 11.8 Å². The summed E-state index contributed by atoms with van der Waals surface area (Å²) in [6, 6.07) is 0.493. The van der Waals surface area contributed by atoms with E-state index in [9.17, 15) is 4.79 Å². The molecule has 3 rings (SSSR count). The highest BCUT2D eigenvalue weighted by Crippen LogP contribution is 2.41. The minimum atomic E-state index is -1.03. The summed E-state index contributed by atoms with van der Waals surface area (Å²) in [5.41, 5.74) is -0.00520. The van der Waals surface area contributed by atoms with Crippen LogP contribution in [0.25, 0.3) is 0 Å². The fourth-order valence-electron chi connectivity index (χ4n) is 2.90. The van der Waals surface area contributed by atoms with Crippen molar-refractivity contribution in [1.29, 1.82) is 0 Å². The van der Waals surface area contributed by atoms with Gasteiger partial charge in [-0.2, -0.15) is 0 Å². The summed E-state index contributed by atoms with van der Waals surface area (Å²) in [5, 5.41) is 12.3. The standard InChI is InChI=1S/C14H19N3O2/c18-14(19)11-7-16-12(8-15-11)17-13(9-3-1-4-9)10-5-2-6-10/h7-10,13H,1-6H2,(H,16,17)(H,18,19). The third-order valence-electron chi connectivity index (χ3n) is 4.50. The van der Waals surface area contributed by atoms with E-state index >= 15 is 0 Å². The van der Waals surface area contributed by atoms with Gasteiger partial charge >= 0.3 is 5.97 Å². The number of anilines is 1. The number of nitrogens with zero attached hydrogens (tertiary/aromatic N) is 2. The first kappa shape index (κ1) is 12.4. The summed E-state index contributed by atoms with van der Waals surface area (Å²) >= 11 is 0. The molecule has 0 aromatic carbocycles. The number of carboxylic acid groups (broad SMARTS) is 1. The van der Waals surface area contributed by atoms with Crippen molar-refractivity contribution in [3.05, 3.63) is 18.1 Å². The molecule has 0 unspecified atom stereocenters. The summed E-state index contributed by atoms with van der Waals surface area (Å²) < 4.78 is 0. The fourth-order valence-corrected chi connectivity index (χ4v) is 2.90. The van der Waals surface area contributed by atoms with E-state index in [4.69, 9.17) is 5.11 Å². The van der Waals surface area contributed by atoms with Gasteiger partial charge in [-0.15, -0.1) is 0 Å². The summed E-state index contributed by atoms with van der Waals surface area (Å²) in [4.78, 5) is 18.8. The molecule has 2 fully saturated rings. The average Bonchev–Trinajstić information content (AvgIpc) is 2.25. The van der Waals surface area contributed by atoms with Crippen LogP contribution >= 0.6 is 0 Å². The summed E-state index contributed by atoms with van der Waals surface area (Å²) in [5.74, 6) is 1.18. The van der Waals surface area contributed by atoms with E-state index in [1.807, 2.05) is 0 Å². The predicted octanol–water partition coefficient (Wildman–Crippen LogP) is 2.56. The van der Waals surface area contributed by atoms with Crippen LogP contribution in [0.2, 0.25) is 0 Å². The number of aromatic carboxylic acids is 1. The maximum atomic E-state index is 10.7. The third-order valence-corrected chi connectivity index (χ3v) is 4.50. The molecule has 0 bridgehead atoms. The lowest BCUT2D eigenvalue weighted by atomic mass is 9.68. The van der Waals surface area contributed by atoms with Crippen LogP contribution in [-0.4, -0.2) is 27.1 Å². The number of carboxylic acids is 1. The Morgan fingerprint density at radius 1 is 1.16 bits per heavy atom. The van der Waals surface area contributed by atoms with E-state index in [1.165, 1.54) is 50.9 Å². The lowest BCUT2D eigenvalue weighted by Gasteiger charge is -2.43. The van der Waals surface area contributed by atoms with Gasteiger partial charge in [0.25, 0.3) is 0 Å². The van der Waals surface area contributed by atoms with Crippen LogP contribution in [0.3, 0.4) is 0 Å². The Kier molecular flexibility index (Phi) is 3.36. The number of nitrogens with one attached hydrogen (secondary N) is 1. The highest BCUT2D eigenvalue weighted by Gasteiger charge is 2.36. The minimum absolute atomic E-state index is 0.00520. The zero-order chi connectivity index (χ0) is 13.2. The van der Waals surface area contributed by atoms with Gasteiger partial charge in [0, 0.05) is 6.04 Å². The molecule has 2 aliphatic rings. The van der Waals surface area contributed by atoms with Crippen molar-refractivity contribution in [2.45, 2.75) is 44.6 Å². The molecule has 2 N–H and O–H groups in total. The topological polar surface area (TPSA) is 75.1 Å². The fraction of sp³-hybridized carbons (Fsp3) is 0.643. The first-order valence-corrected chi connectivity index (χ1v) is 7.06. The summed E-state index contributed by atoms with van der Waals surface area (Å²) in [7, 11) is 0. The first-order valence-electron chi connectivity index (χ1n) is 7.06. The van der Waals surface area contributed by atoms with Crippen LogP contribution < -0.4 is 5.32 Å². The van der Waals surface area contributed by atoms with Crippen LogP contribution in [0, 0.1) is 11.8 Å². The molecule has 1 aromatic rings. The van der Waals surface area contributed by atoms with E-state index in [1.54, 1.807) is 0 Å². The van der Waals surface area contributed by atoms with Crippen molar-refractivity contribution < 1.29 is 9.90 Å². The molecule has 0 amide bonds. The Hall–Kier alpha value is -1.65. The van der Waals surface area contributed by atoms with Gasteiger partial charge < -0.3 is 10.4 Å². The van der Waals surface area contributed by atoms with Crippen LogP contribution in [-0.2, 0) is 0 Å². The maximum Gasteiger partial charge on any atom is 0.356 e. The monoisotopic (exact) mass is 261 g/mol. The van der Waals surface area contributed by atoms with Gasteiger partial charge in [-0.05, 0) is 37.5 Å². The normalized spacial score (nSPS) is 19.8. The van der Waals surface area contributed by atoms with Crippen molar-refractivity contribution in [2.24, 2.45) is 11.8 Å². The SMILES string of the molecule is O=C(O)c1cnc(NC(C2CCC2)C2CCC2)cn1. The second-order valence-electron chi connectivity index (χ2n) is 5.64. The Morgan fingerprint density at radius 2 is 1.79 bits per heavy atom. The molecule has 1 heterocycles. The zero-order valence-electron chi connectivity index (χ0n) is 10.9.